The fourth-order valence-electron chi connectivity index (χ4n) is 4.57. The van der Waals surface area contributed by atoms with Crippen LogP contribution in [0.5, 0.6) is 0 Å². The lowest BCUT2D eigenvalue weighted by Crippen LogP contribution is -2.36. The maximum Gasteiger partial charge on any atom is 0.426 e. The molecule has 1 aromatic heterocycles. The predicted octanol–water partition coefficient (Wildman–Crippen LogP) is 4.99. The molecule has 2 aromatic carbocycles. The molecule has 3 aromatic rings. The molecule has 0 saturated heterocycles. The maximum absolute atomic E-state index is 12.6. The molecule has 11 heteroatoms. The Morgan fingerprint density at radius 3 is 2.26 bits per heavy atom. The number of nitrogens with zero attached hydrogens (tertiary/aromatic N) is 2. The van der Waals surface area contributed by atoms with Gasteiger partial charge in [-0.25, -0.2) is 28.3 Å². The van der Waals surface area contributed by atoms with Crippen LogP contribution in [0.4, 0.5) is 16.6 Å². The largest absolute Gasteiger partial charge is 0.443 e. The molecule has 0 spiro atoms. The second-order valence-electron chi connectivity index (χ2n) is 11.1. The average Bonchev–Trinajstić information content (AvgIpc) is 2.89. The first kappa shape index (κ1) is 28.6. The van der Waals surface area contributed by atoms with Crippen molar-refractivity contribution < 1.29 is 17.9 Å². The van der Waals surface area contributed by atoms with Gasteiger partial charge in [-0.3, -0.25) is 5.43 Å². The summed E-state index contributed by atoms with van der Waals surface area (Å²) in [4.78, 5) is 21.6. The molecule has 4 N–H and O–H groups in total. The Hall–Kier alpha value is -3.44. The minimum absolute atomic E-state index is 0.302. The third-order valence-electron chi connectivity index (χ3n) is 6.69. The number of hydrogen-bond acceptors (Lipinski definition) is 8. The molecule has 0 radical (unpaired) electrons. The Morgan fingerprint density at radius 2 is 1.59 bits per heavy atom. The number of carbonyl (C=O) groups is 1. The first-order valence-corrected chi connectivity index (χ1v) is 14.8. The summed E-state index contributed by atoms with van der Waals surface area (Å²) in [7, 11) is -3.50. The van der Waals surface area contributed by atoms with Crippen LogP contribution in [-0.2, 0) is 14.8 Å². The summed E-state index contributed by atoms with van der Waals surface area (Å²) in [6.07, 6.45) is 3.28. The van der Waals surface area contributed by atoms with Crippen LogP contribution in [0, 0.1) is 18.8 Å². The fraction of sp³-hybridized carbons (Fsp3) is 0.464. The summed E-state index contributed by atoms with van der Waals surface area (Å²) in [5.74, 6) is 1.68. The van der Waals surface area contributed by atoms with Gasteiger partial charge in [-0.05, 0) is 89.5 Å². The molecule has 1 saturated carbocycles. The van der Waals surface area contributed by atoms with Gasteiger partial charge in [0, 0.05) is 18.5 Å². The van der Waals surface area contributed by atoms with Crippen molar-refractivity contribution in [2.45, 2.75) is 63.9 Å². The highest BCUT2D eigenvalue weighted by molar-refractivity contribution is 7.89. The zero-order valence-corrected chi connectivity index (χ0v) is 23.8. The molecule has 4 rings (SSSR count). The molecule has 0 bridgehead atoms. The lowest BCUT2D eigenvalue weighted by atomic mass is 9.82. The van der Waals surface area contributed by atoms with Crippen LogP contribution in [0.15, 0.2) is 53.4 Å². The smallest absolute Gasteiger partial charge is 0.426 e. The van der Waals surface area contributed by atoms with Crippen molar-refractivity contribution in [1.82, 2.24) is 20.1 Å². The molecule has 1 aliphatic carbocycles. The van der Waals surface area contributed by atoms with Gasteiger partial charge in [0.25, 0.3) is 0 Å². The number of fused-ring (bicyclic) bond motifs is 1. The van der Waals surface area contributed by atoms with E-state index in [4.69, 9.17) is 4.74 Å². The second kappa shape index (κ2) is 12.2. The number of rotatable bonds is 9. The van der Waals surface area contributed by atoms with Gasteiger partial charge in [0.15, 0.2) is 5.82 Å². The minimum Gasteiger partial charge on any atom is -0.443 e. The number of ether oxygens (including phenoxy) is 1. The zero-order valence-electron chi connectivity index (χ0n) is 23.0. The van der Waals surface area contributed by atoms with Crippen molar-refractivity contribution in [2.75, 3.05) is 23.8 Å². The Bertz CT molecular complexity index is 1380. The summed E-state index contributed by atoms with van der Waals surface area (Å²) in [6.45, 7) is 8.48. The number of amides is 1. The molecule has 210 valence electrons. The van der Waals surface area contributed by atoms with E-state index in [2.05, 4.69) is 30.9 Å². The average molecular weight is 555 g/mol. The molecule has 10 nitrogen and oxygen atoms in total. The molecule has 0 atom stereocenters. The van der Waals surface area contributed by atoms with Crippen molar-refractivity contribution in [2.24, 2.45) is 11.8 Å². The summed E-state index contributed by atoms with van der Waals surface area (Å²) >= 11 is 0. The normalized spacial score (nSPS) is 17.9. The number of hydrogen-bond donors (Lipinski definition) is 4. The number of sulfonamides is 1. The first-order valence-electron chi connectivity index (χ1n) is 13.3. The monoisotopic (exact) mass is 554 g/mol. The number of aryl methyl sites for hydroxylation is 1. The van der Waals surface area contributed by atoms with Crippen molar-refractivity contribution in [3.8, 4) is 0 Å². The topological polar surface area (TPSA) is 134 Å². The number of nitrogens with one attached hydrogen (secondary N) is 4. The van der Waals surface area contributed by atoms with Crippen molar-refractivity contribution in [3.63, 3.8) is 0 Å². The highest BCUT2D eigenvalue weighted by atomic mass is 32.2. The SMILES string of the molecule is Cc1ccc(S(=O)(=O)NC[C@H]2CC[C@H](CNc3nc(NNC(=O)OC(C)(C)C)c4ccccc4n3)CC2)cc1. The molecule has 0 aliphatic heterocycles. The molecular weight excluding hydrogens is 516 g/mol. The summed E-state index contributed by atoms with van der Waals surface area (Å²) in [5.41, 5.74) is 6.56. The molecule has 1 aliphatic rings. The van der Waals surface area contributed by atoms with Gasteiger partial charge >= 0.3 is 6.09 Å². The lowest BCUT2D eigenvalue weighted by molar-refractivity contribution is 0.0541. The fourth-order valence-corrected chi connectivity index (χ4v) is 5.68. The Labute approximate surface area is 230 Å². The molecule has 1 fully saturated rings. The molecular formula is C28H38N6O4S. The van der Waals surface area contributed by atoms with Gasteiger partial charge in [-0.15, -0.1) is 0 Å². The van der Waals surface area contributed by atoms with Crippen LogP contribution in [0.1, 0.15) is 52.0 Å². The van der Waals surface area contributed by atoms with Crippen molar-refractivity contribution >= 4 is 38.8 Å². The van der Waals surface area contributed by atoms with Crippen LogP contribution in [0.2, 0.25) is 0 Å². The maximum atomic E-state index is 12.6. The lowest BCUT2D eigenvalue weighted by Gasteiger charge is -2.28. The van der Waals surface area contributed by atoms with Gasteiger partial charge < -0.3 is 10.1 Å². The van der Waals surface area contributed by atoms with Gasteiger partial charge in [-0.2, -0.15) is 4.98 Å². The first-order chi connectivity index (χ1) is 18.5. The summed E-state index contributed by atoms with van der Waals surface area (Å²) < 4.78 is 33.3. The Morgan fingerprint density at radius 1 is 0.949 bits per heavy atom. The van der Waals surface area contributed by atoms with E-state index in [1.165, 1.54) is 0 Å². The highest BCUT2D eigenvalue weighted by Crippen LogP contribution is 2.29. The van der Waals surface area contributed by atoms with Gasteiger partial charge in [0.1, 0.15) is 5.60 Å². The van der Waals surface area contributed by atoms with E-state index < -0.39 is 21.7 Å². The van der Waals surface area contributed by atoms with Crippen molar-refractivity contribution in [1.29, 1.82) is 0 Å². The van der Waals surface area contributed by atoms with Crippen LogP contribution >= 0.6 is 0 Å². The number of aromatic nitrogens is 2. The van der Waals surface area contributed by atoms with Gasteiger partial charge in [0.05, 0.1) is 10.4 Å². The minimum atomic E-state index is -3.50. The standard InChI is InChI=1S/C28H38N6O4S/c1-19-9-15-22(16-10-19)39(36,37)30-18-21-13-11-20(12-14-21)17-29-26-31-24-8-6-5-7-23(24)25(32-26)33-34-27(35)38-28(2,3)4/h5-10,15-16,20-21,30H,11-14,17-18H2,1-4H3,(H,34,35)(H2,29,31,32,33)/t20-,21-. The van der Waals surface area contributed by atoms with Crippen LogP contribution in [-0.4, -0.2) is 43.2 Å². The van der Waals surface area contributed by atoms with E-state index in [1.807, 2.05) is 43.3 Å². The van der Waals surface area contributed by atoms with E-state index in [1.54, 1.807) is 32.9 Å². The molecule has 0 unspecified atom stereocenters. The molecule has 1 heterocycles. The summed E-state index contributed by atoms with van der Waals surface area (Å²) in [5, 5.41) is 4.12. The zero-order chi connectivity index (χ0) is 28.0. The summed E-state index contributed by atoms with van der Waals surface area (Å²) in [6, 6.07) is 14.5. The van der Waals surface area contributed by atoms with E-state index in [0.29, 0.717) is 41.6 Å². The molecule has 39 heavy (non-hydrogen) atoms. The molecule has 1 amide bonds. The third kappa shape index (κ3) is 8.27. The van der Waals surface area contributed by atoms with Gasteiger partial charge in [0.2, 0.25) is 16.0 Å². The highest BCUT2D eigenvalue weighted by Gasteiger charge is 2.24. The third-order valence-corrected chi connectivity index (χ3v) is 8.13. The number of anilines is 2. The van der Waals surface area contributed by atoms with E-state index in [-0.39, 0.29) is 0 Å². The Kier molecular flexibility index (Phi) is 8.91. The predicted molar refractivity (Wildman–Crippen MR) is 153 cm³/mol. The Balaban J connectivity index is 1.29. The second-order valence-corrected chi connectivity index (χ2v) is 12.9. The van der Waals surface area contributed by atoms with Crippen LogP contribution < -0.4 is 20.9 Å². The van der Waals surface area contributed by atoms with Gasteiger partial charge in [-0.1, -0.05) is 29.8 Å². The number of carbonyl (C=O) groups excluding carboxylic acids is 1. The number of benzene rings is 2. The van der Waals surface area contributed by atoms with E-state index in [9.17, 15) is 13.2 Å². The van der Waals surface area contributed by atoms with E-state index >= 15 is 0 Å². The number of para-hydroxylation sites is 1. The van der Waals surface area contributed by atoms with Crippen molar-refractivity contribution in [3.05, 3.63) is 54.1 Å². The van der Waals surface area contributed by atoms with E-state index in [0.717, 1.165) is 42.1 Å². The van der Waals surface area contributed by atoms with Crippen LogP contribution in [0.3, 0.4) is 0 Å². The quantitative estimate of drug-likeness (QED) is 0.272. The number of hydrazine groups is 1. The van der Waals surface area contributed by atoms with Crippen LogP contribution in [0.25, 0.3) is 10.9 Å².